The van der Waals surface area contributed by atoms with Gasteiger partial charge in [0.05, 0.1) is 16.7 Å². The van der Waals surface area contributed by atoms with Gasteiger partial charge in [0.2, 0.25) is 0 Å². The summed E-state index contributed by atoms with van der Waals surface area (Å²) in [4.78, 5) is 11.4. The molecule has 3 rings (SSSR count). The molecule has 2 aromatic rings. The van der Waals surface area contributed by atoms with Crippen LogP contribution >= 0.6 is 0 Å². The van der Waals surface area contributed by atoms with Crippen LogP contribution < -0.4 is 4.74 Å². The molecule has 24 heavy (non-hydrogen) atoms. The van der Waals surface area contributed by atoms with Gasteiger partial charge in [-0.15, -0.1) is 6.42 Å². The maximum atomic E-state index is 11.4. The summed E-state index contributed by atoms with van der Waals surface area (Å²) in [5.41, 5.74) is 1.54. The lowest BCUT2D eigenvalue weighted by Gasteiger charge is -2.19. The SMILES string of the molecule is C#Cc1c(C(=O)O)ccc(OCc2ccccc2)c1C1OC=CO1. The molecule has 120 valence electrons. The van der Waals surface area contributed by atoms with Crippen LogP contribution in [0, 0.1) is 12.3 Å². The normalized spacial score (nSPS) is 13.0. The highest BCUT2D eigenvalue weighted by Gasteiger charge is 2.27. The topological polar surface area (TPSA) is 65.0 Å². The van der Waals surface area contributed by atoms with Crippen LogP contribution in [0.1, 0.15) is 33.3 Å². The third-order valence-electron chi connectivity index (χ3n) is 3.51. The fraction of sp³-hybridized carbons (Fsp3) is 0.105. The van der Waals surface area contributed by atoms with Gasteiger partial charge in [-0.3, -0.25) is 0 Å². The zero-order valence-corrected chi connectivity index (χ0v) is 12.6. The molecule has 5 nitrogen and oxygen atoms in total. The molecular weight excluding hydrogens is 308 g/mol. The van der Waals surface area contributed by atoms with Crippen LogP contribution in [0.2, 0.25) is 0 Å². The monoisotopic (exact) mass is 322 g/mol. The van der Waals surface area contributed by atoms with E-state index in [1.807, 2.05) is 30.3 Å². The molecule has 5 heteroatoms. The van der Waals surface area contributed by atoms with Gasteiger partial charge < -0.3 is 19.3 Å². The molecule has 0 fully saturated rings. The molecule has 0 unspecified atom stereocenters. The second kappa shape index (κ2) is 6.80. The number of aromatic carboxylic acids is 1. The van der Waals surface area contributed by atoms with Gasteiger partial charge in [0.1, 0.15) is 24.9 Å². The van der Waals surface area contributed by atoms with Crippen molar-refractivity contribution in [2.45, 2.75) is 12.9 Å². The molecule has 0 radical (unpaired) electrons. The van der Waals surface area contributed by atoms with Crippen molar-refractivity contribution >= 4 is 5.97 Å². The van der Waals surface area contributed by atoms with E-state index >= 15 is 0 Å². The summed E-state index contributed by atoms with van der Waals surface area (Å²) in [5.74, 6) is 1.71. The van der Waals surface area contributed by atoms with E-state index in [2.05, 4.69) is 5.92 Å². The van der Waals surface area contributed by atoms with Crippen molar-refractivity contribution in [2.24, 2.45) is 0 Å². The van der Waals surface area contributed by atoms with Gasteiger partial charge in [0.15, 0.2) is 0 Å². The molecule has 0 spiro atoms. The molecule has 0 saturated carbocycles. The number of benzene rings is 2. The molecule has 0 saturated heterocycles. The Morgan fingerprint density at radius 3 is 2.50 bits per heavy atom. The number of terminal acetylenes is 1. The Labute approximate surface area is 139 Å². The first kappa shape index (κ1) is 15.5. The Morgan fingerprint density at radius 2 is 1.88 bits per heavy atom. The fourth-order valence-electron chi connectivity index (χ4n) is 2.40. The van der Waals surface area contributed by atoms with Crippen LogP contribution in [-0.2, 0) is 16.1 Å². The van der Waals surface area contributed by atoms with Crippen LogP contribution in [0.25, 0.3) is 0 Å². The molecule has 1 aliphatic heterocycles. The maximum absolute atomic E-state index is 11.4. The lowest BCUT2D eigenvalue weighted by molar-refractivity contribution is -0.0268. The second-order valence-corrected chi connectivity index (χ2v) is 5.00. The zero-order valence-electron chi connectivity index (χ0n) is 12.6. The van der Waals surface area contributed by atoms with Gasteiger partial charge in [-0.1, -0.05) is 36.3 Å². The van der Waals surface area contributed by atoms with E-state index < -0.39 is 12.3 Å². The maximum Gasteiger partial charge on any atom is 0.336 e. The van der Waals surface area contributed by atoms with Gasteiger partial charge >= 0.3 is 5.97 Å². The van der Waals surface area contributed by atoms with E-state index in [4.69, 9.17) is 20.6 Å². The molecule has 0 aliphatic carbocycles. The second-order valence-electron chi connectivity index (χ2n) is 5.00. The highest BCUT2D eigenvalue weighted by atomic mass is 16.7. The summed E-state index contributed by atoms with van der Waals surface area (Å²) >= 11 is 0. The Balaban J connectivity index is 1.98. The van der Waals surface area contributed by atoms with Crippen LogP contribution in [0.3, 0.4) is 0 Å². The Morgan fingerprint density at radius 1 is 1.17 bits per heavy atom. The highest BCUT2D eigenvalue weighted by Crippen LogP contribution is 2.36. The zero-order chi connectivity index (χ0) is 16.9. The van der Waals surface area contributed by atoms with E-state index in [0.717, 1.165) is 5.56 Å². The van der Waals surface area contributed by atoms with E-state index in [1.54, 1.807) is 6.07 Å². The molecule has 1 N–H and O–H groups in total. The number of rotatable bonds is 5. The quantitative estimate of drug-likeness (QED) is 0.854. The van der Waals surface area contributed by atoms with Crippen LogP contribution in [0.4, 0.5) is 0 Å². The number of carbonyl (C=O) groups is 1. The fourth-order valence-corrected chi connectivity index (χ4v) is 2.40. The third kappa shape index (κ3) is 3.03. The van der Waals surface area contributed by atoms with Crippen molar-refractivity contribution in [3.63, 3.8) is 0 Å². The molecule has 1 aliphatic rings. The standard InChI is InChI=1S/C19H14O5/c1-2-14-15(18(20)21)8-9-16(17(14)19-22-10-11-23-19)24-12-13-6-4-3-5-7-13/h1,3-11,19H,12H2,(H,20,21). The van der Waals surface area contributed by atoms with Gasteiger partial charge in [0, 0.05) is 0 Å². The van der Waals surface area contributed by atoms with Crippen LogP contribution in [0.5, 0.6) is 5.75 Å². The molecule has 0 bridgehead atoms. The predicted octanol–water partition coefficient (Wildman–Crippen LogP) is 3.46. The molecule has 1 heterocycles. The Hall–Kier alpha value is -3.39. The molecular formula is C19H14O5. The number of hydrogen-bond acceptors (Lipinski definition) is 4. The van der Waals surface area contributed by atoms with Crippen molar-refractivity contribution in [2.75, 3.05) is 0 Å². The molecule has 2 aromatic carbocycles. The van der Waals surface area contributed by atoms with Crippen molar-refractivity contribution in [3.05, 3.63) is 77.2 Å². The van der Waals surface area contributed by atoms with E-state index in [9.17, 15) is 9.90 Å². The van der Waals surface area contributed by atoms with Crippen LogP contribution in [-0.4, -0.2) is 11.1 Å². The summed E-state index contributed by atoms with van der Waals surface area (Å²) in [5, 5.41) is 9.33. The molecule has 0 aromatic heterocycles. The first-order valence-corrected chi connectivity index (χ1v) is 7.20. The minimum absolute atomic E-state index is 0.00124. The predicted molar refractivity (Wildman–Crippen MR) is 86.2 cm³/mol. The number of ether oxygens (including phenoxy) is 3. The minimum Gasteiger partial charge on any atom is -0.488 e. The van der Waals surface area contributed by atoms with Gasteiger partial charge in [-0.2, -0.15) is 0 Å². The summed E-state index contributed by atoms with van der Waals surface area (Å²) in [7, 11) is 0. The summed E-state index contributed by atoms with van der Waals surface area (Å²) < 4.78 is 16.5. The Kier molecular flexibility index (Phi) is 4.39. The van der Waals surface area contributed by atoms with Gasteiger partial charge in [-0.05, 0) is 17.7 Å². The summed E-state index contributed by atoms with van der Waals surface area (Å²) in [6.07, 6.45) is 7.45. The third-order valence-corrected chi connectivity index (χ3v) is 3.51. The van der Waals surface area contributed by atoms with E-state index in [0.29, 0.717) is 17.9 Å². The molecule has 0 amide bonds. The van der Waals surface area contributed by atoms with Gasteiger partial charge in [0.25, 0.3) is 6.29 Å². The largest absolute Gasteiger partial charge is 0.488 e. The number of carboxylic acid groups (broad SMARTS) is 1. The first-order valence-electron chi connectivity index (χ1n) is 7.20. The van der Waals surface area contributed by atoms with E-state index in [-0.39, 0.29) is 11.1 Å². The van der Waals surface area contributed by atoms with Crippen molar-refractivity contribution < 1.29 is 24.1 Å². The lowest BCUT2D eigenvalue weighted by atomic mass is 9.99. The minimum atomic E-state index is -1.12. The molecule has 0 atom stereocenters. The van der Waals surface area contributed by atoms with Crippen molar-refractivity contribution in [1.29, 1.82) is 0 Å². The average Bonchev–Trinajstić information content (AvgIpc) is 3.14. The highest BCUT2D eigenvalue weighted by molar-refractivity contribution is 5.91. The van der Waals surface area contributed by atoms with Crippen molar-refractivity contribution in [3.8, 4) is 18.1 Å². The summed E-state index contributed by atoms with van der Waals surface area (Å²) in [6, 6.07) is 12.6. The smallest absolute Gasteiger partial charge is 0.336 e. The van der Waals surface area contributed by atoms with Crippen LogP contribution in [0.15, 0.2) is 55.0 Å². The number of carboxylic acids is 1. The number of hydrogen-bond donors (Lipinski definition) is 1. The van der Waals surface area contributed by atoms with Gasteiger partial charge in [-0.25, -0.2) is 4.79 Å². The lowest BCUT2D eigenvalue weighted by Crippen LogP contribution is -2.10. The summed E-state index contributed by atoms with van der Waals surface area (Å²) in [6.45, 7) is 0.310. The Bertz CT molecular complexity index is 810. The average molecular weight is 322 g/mol. The van der Waals surface area contributed by atoms with E-state index in [1.165, 1.54) is 18.6 Å². The first-order chi connectivity index (χ1) is 11.7. The van der Waals surface area contributed by atoms with Crippen molar-refractivity contribution in [1.82, 2.24) is 0 Å².